The van der Waals surface area contributed by atoms with Crippen molar-refractivity contribution >= 4 is 0 Å². The van der Waals surface area contributed by atoms with Crippen molar-refractivity contribution in [1.29, 1.82) is 0 Å². The first-order valence-corrected chi connectivity index (χ1v) is 5.67. The van der Waals surface area contributed by atoms with Gasteiger partial charge in [0, 0.05) is 12.1 Å². The van der Waals surface area contributed by atoms with Crippen molar-refractivity contribution in [2.24, 2.45) is 5.73 Å². The Bertz CT molecular complexity index is 315. The lowest BCUT2D eigenvalue weighted by atomic mass is 9.91. The van der Waals surface area contributed by atoms with E-state index in [9.17, 15) is 0 Å². The van der Waals surface area contributed by atoms with Crippen LogP contribution < -0.4 is 11.1 Å². The van der Waals surface area contributed by atoms with Crippen LogP contribution in [0.15, 0.2) is 24.3 Å². The van der Waals surface area contributed by atoms with Crippen LogP contribution in [0.4, 0.5) is 0 Å². The van der Waals surface area contributed by atoms with E-state index in [0.717, 1.165) is 13.1 Å². The van der Waals surface area contributed by atoms with Gasteiger partial charge in [0.15, 0.2) is 0 Å². The molecule has 2 rings (SSSR count). The Morgan fingerprint density at radius 3 is 2.40 bits per heavy atom. The second-order valence-electron chi connectivity index (χ2n) is 5.03. The van der Waals surface area contributed by atoms with Gasteiger partial charge in [-0.2, -0.15) is 0 Å². The highest BCUT2D eigenvalue weighted by molar-refractivity contribution is 5.29. The standard InChI is InChI=1S/C13H20N2/c1-13(2,14)12-5-3-10(4-6-12)11-7-8-15-9-11/h3-6,11,15H,7-9,14H2,1-2H3. The van der Waals surface area contributed by atoms with E-state index < -0.39 is 0 Å². The van der Waals surface area contributed by atoms with Crippen LogP contribution in [-0.4, -0.2) is 13.1 Å². The molecule has 1 aliphatic heterocycles. The van der Waals surface area contributed by atoms with Crippen molar-refractivity contribution in [2.75, 3.05) is 13.1 Å². The number of hydrogen-bond acceptors (Lipinski definition) is 2. The number of nitrogens with two attached hydrogens (primary N) is 1. The Labute approximate surface area is 91.9 Å². The Morgan fingerprint density at radius 1 is 1.27 bits per heavy atom. The monoisotopic (exact) mass is 204 g/mol. The summed E-state index contributed by atoms with van der Waals surface area (Å²) < 4.78 is 0. The molecular formula is C13H20N2. The van der Waals surface area contributed by atoms with E-state index in [4.69, 9.17) is 5.73 Å². The van der Waals surface area contributed by atoms with Crippen LogP contribution in [0.3, 0.4) is 0 Å². The molecule has 1 aromatic carbocycles. The summed E-state index contributed by atoms with van der Waals surface area (Å²) in [5.41, 5.74) is 8.46. The van der Waals surface area contributed by atoms with E-state index in [1.807, 2.05) is 13.8 Å². The molecule has 0 bridgehead atoms. The third kappa shape index (κ3) is 2.39. The fourth-order valence-corrected chi connectivity index (χ4v) is 2.12. The summed E-state index contributed by atoms with van der Waals surface area (Å²) in [5.74, 6) is 0.694. The molecule has 82 valence electrons. The Kier molecular flexibility index (Phi) is 2.81. The lowest BCUT2D eigenvalue weighted by Crippen LogP contribution is -2.28. The summed E-state index contributed by atoms with van der Waals surface area (Å²) >= 11 is 0. The lowest BCUT2D eigenvalue weighted by molar-refractivity contribution is 0.554. The fourth-order valence-electron chi connectivity index (χ4n) is 2.12. The van der Waals surface area contributed by atoms with Gasteiger partial charge < -0.3 is 11.1 Å². The molecule has 1 aliphatic rings. The normalized spacial score (nSPS) is 21.9. The molecule has 0 spiro atoms. The third-order valence-electron chi connectivity index (χ3n) is 3.19. The Balaban J connectivity index is 2.16. The zero-order valence-electron chi connectivity index (χ0n) is 9.59. The Hall–Kier alpha value is -0.860. The first-order valence-electron chi connectivity index (χ1n) is 5.67. The highest BCUT2D eigenvalue weighted by atomic mass is 14.9. The van der Waals surface area contributed by atoms with Crippen molar-refractivity contribution in [2.45, 2.75) is 31.7 Å². The summed E-state index contributed by atoms with van der Waals surface area (Å²) in [7, 11) is 0. The zero-order valence-corrected chi connectivity index (χ0v) is 9.59. The molecule has 1 fully saturated rings. The Morgan fingerprint density at radius 2 is 1.93 bits per heavy atom. The van der Waals surface area contributed by atoms with E-state index in [-0.39, 0.29) is 5.54 Å². The smallest absolute Gasteiger partial charge is 0.0352 e. The summed E-state index contributed by atoms with van der Waals surface area (Å²) in [5, 5.41) is 3.39. The molecule has 1 atom stereocenters. The first kappa shape index (κ1) is 10.7. The number of rotatable bonds is 2. The molecule has 0 amide bonds. The summed E-state index contributed by atoms with van der Waals surface area (Å²) in [6, 6.07) is 8.77. The number of benzene rings is 1. The van der Waals surface area contributed by atoms with Gasteiger partial charge >= 0.3 is 0 Å². The molecule has 1 saturated heterocycles. The second kappa shape index (κ2) is 3.95. The van der Waals surface area contributed by atoms with Crippen LogP contribution in [-0.2, 0) is 5.54 Å². The molecule has 15 heavy (non-hydrogen) atoms. The van der Waals surface area contributed by atoms with Gasteiger partial charge in [-0.25, -0.2) is 0 Å². The summed E-state index contributed by atoms with van der Waals surface area (Å²) in [6.45, 7) is 6.35. The number of hydrogen-bond donors (Lipinski definition) is 2. The maximum absolute atomic E-state index is 6.05. The van der Waals surface area contributed by atoms with Crippen molar-refractivity contribution < 1.29 is 0 Å². The fraction of sp³-hybridized carbons (Fsp3) is 0.538. The quantitative estimate of drug-likeness (QED) is 0.773. The molecule has 1 heterocycles. The van der Waals surface area contributed by atoms with Crippen molar-refractivity contribution in [3.05, 3.63) is 35.4 Å². The van der Waals surface area contributed by atoms with Gasteiger partial charge in [-0.1, -0.05) is 24.3 Å². The van der Waals surface area contributed by atoms with Gasteiger partial charge in [-0.3, -0.25) is 0 Å². The lowest BCUT2D eigenvalue weighted by Gasteiger charge is -2.20. The predicted octanol–water partition coefficient (Wildman–Crippen LogP) is 1.96. The SMILES string of the molecule is CC(C)(N)c1ccc(C2CCNC2)cc1. The molecule has 0 radical (unpaired) electrons. The van der Waals surface area contributed by atoms with E-state index in [2.05, 4.69) is 29.6 Å². The van der Waals surface area contributed by atoms with Crippen LogP contribution in [0, 0.1) is 0 Å². The summed E-state index contributed by atoms with van der Waals surface area (Å²) in [6.07, 6.45) is 1.26. The van der Waals surface area contributed by atoms with Crippen LogP contribution >= 0.6 is 0 Å². The molecular weight excluding hydrogens is 184 g/mol. The minimum atomic E-state index is -0.230. The van der Waals surface area contributed by atoms with E-state index in [0.29, 0.717) is 5.92 Å². The molecule has 2 nitrogen and oxygen atoms in total. The molecule has 0 aliphatic carbocycles. The van der Waals surface area contributed by atoms with Crippen LogP contribution in [0.1, 0.15) is 37.3 Å². The van der Waals surface area contributed by atoms with Gasteiger partial charge in [-0.15, -0.1) is 0 Å². The molecule has 0 aromatic heterocycles. The van der Waals surface area contributed by atoms with Crippen molar-refractivity contribution in [3.8, 4) is 0 Å². The van der Waals surface area contributed by atoms with Crippen LogP contribution in [0.2, 0.25) is 0 Å². The highest BCUT2D eigenvalue weighted by Crippen LogP contribution is 2.24. The van der Waals surface area contributed by atoms with Crippen LogP contribution in [0.25, 0.3) is 0 Å². The third-order valence-corrected chi connectivity index (χ3v) is 3.19. The van der Waals surface area contributed by atoms with Crippen molar-refractivity contribution in [1.82, 2.24) is 5.32 Å². The number of nitrogens with one attached hydrogen (secondary N) is 1. The van der Waals surface area contributed by atoms with Gasteiger partial charge in [0.05, 0.1) is 0 Å². The van der Waals surface area contributed by atoms with Gasteiger partial charge in [0.25, 0.3) is 0 Å². The zero-order chi connectivity index (χ0) is 10.9. The maximum Gasteiger partial charge on any atom is 0.0352 e. The molecule has 1 aromatic rings. The first-order chi connectivity index (χ1) is 7.07. The largest absolute Gasteiger partial charge is 0.322 e. The van der Waals surface area contributed by atoms with Crippen LogP contribution in [0.5, 0.6) is 0 Å². The van der Waals surface area contributed by atoms with E-state index >= 15 is 0 Å². The molecule has 2 heteroatoms. The molecule has 1 unspecified atom stereocenters. The van der Waals surface area contributed by atoms with Gasteiger partial charge in [0.1, 0.15) is 0 Å². The van der Waals surface area contributed by atoms with E-state index in [1.165, 1.54) is 17.5 Å². The minimum Gasteiger partial charge on any atom is -0.322 e. The molecule has 3 N–H and O–H groups in total. The summed E-state index contributed by atoms with van der Waals surface area (Å²) in [4.78, 5) is 0. The van der Waals surface area contributed by atoms with Gasteiger partial charge in [0.2, 0.25) is 0 Å². The highest BCUT2D eigenvalue weighted by Gasteiger charge is 2.18. The van der Waals surface area contributed by atoms with E-state index in [1.54, 1.807) is 0 Å². The van der Waals surface area contributed by atoms with Gasteiger partial charge in [-0.05, 0) is 43.9 Å². The average Bonchev–Trinajstić information content (AvgIpc) is 2.69. The predicted molar refractivity (Wildman–Crippen MR) is 63.9 cm³/mol. The maximum atomic E-state index is 6.05. The van der Waals surface area contributed by atoms with Crippen molar-refractivity contribution in [3.63, 3.8) is 0 Å². The second-order valence-corrected chi connectivity index (χ2v) is 5.03. The average molecular weight is 204 g/mol. The topological polar surface area (TPSA) is 38.0 Å². The molecule has 0 saturated carbocycles. The minimum absolute atomic E-state index is 0.230.